The van der Waals surface area contributed by atoms with Crippen LogP contribution in [0.25, 0.3) is 0 Å². The lowest BCUT2D eigenvalue weighted by molar-refractivity contribution is -0.121. The fourth-order valence-electron chi connectivity index (χ4n) is 1.47. The Morgan fingerprint density at radius 1 is 1.00 bits per heavy atom. The van der Waals surface area contributed by atoms with E-state index >= 15 is 0 Å². The maximum atomic E-state index is 11.8. The van der Waals surface area contributed by atoms with Crippen LogP contribution in [0.3, 0.4) is 0 Å². The molecule has 4 N–H and O–H groups in total. The van der Waals surface area contributed by atoms with Gasteiger partial charge >= 0.3 is 12.1 Å². The number of alkyl carbamates (subject to hydrolysis) is 1. The molecule has 9 nitrogen and oxygen atoms in total. The Balaban J connectivity index is 2.39. The zero-order valence-corrected chi connectivity index (χ0v) is 13.5. The number of carboxylic acid groups (broad SMARTS) is 1. The highest BCUT2D eigenvalue weighted by Gasteiger charge is 2.16. The van der Waals surface area contributed by atoms with Crippen molar-refractivity contribution in [3.05, 3.63) is 35.4 Å². The van der Waals surface area contributed by atoms with Gasteiger partial charge in [0.15, 0.2) is 0 Å². The highest BCUT2D eigenvalue weighted by molar-refractivity contribution is 5.97. The highest BCUT2D eigenvalue weighted by Crippen LogP contribution is 2.06. The lowest BCUT2D eigenvalue weighted by atomic mass is 10.1. The Bertz CT molecular complexity index is 634. The molecule has 0 saturated carbocycles. The number of rotatable bonds is 4. The molecule has 0 fully saturated rings. The van der Waals surface area contributed by atoms with Crippen LogP contribution in [0, 0.1) is 0 Å². The molecule has 0 radical (unpaired) electrons. The number of carboxylic acids is 1. The fraction of sp³-hybridized carbons (Fsp3) is 0.333. The molecule has 0 aliphatic rings. The largest absolute Gasteiger partial charge is 0.478 e. The highest BCUT2D eigenvalue weighted by atomic mass is 16.6. The maximum absolute atomic E-state index is 11.8. The summed E-state index contributed by atoms with van der Waals surface area (Å²) in [6, 6.07) is 5.15. The summed E-state index contributed by atoms with van der Waals surface area (Å²) in [6.45, 7) is 4.67. The number of aromatic carboxylic acids is 1. The van der Waals surface area contributed by atoms with Gasteiger partial charge in [0.2, 0.25) is 0 Å². The van der Waals surface area contributed by atoms with E-state index in [4.69, 9.17) is 9.84 Å². The Labute approximate surface area is 138 Å². The van der Waals surface area contributed by atoms with Crippen LogP contribution < -0.4 is 16.2 Å². The number of carbonyl (C=O) groups is 4. The van der Waals surface area contributed by atoms with Gasteiger partial charge in [0.25, 0.3) is 11.8 Å². The van der Waals surface area contributed by atoms with Gasteiger partial charge in [-0.05, 0) is 45.0 Å². The molecule has 0 aliphatic carbocycles. The Hall–Kier alpha value is -3.10. The fourth-order valence-corrected chi connectivity index (χ4v) is 1.47. The summed E-state index contributed by atoms with van der Waals surface area (Å²) in [5.41, 5.74) is 3.78. The minimum Gasteiger partial charge on any atom is -0.478 e. The van der Waals surface area contributed by atoms with Gasteiger partial charge in [0.05, 0.1) is 5.56 Å². The van der Waals surface area contributed by atoms with E-state index < -0.39 is 29.5 Å². The smallest absolute Gasteiger partial charge is 0.408 e. The van der Waals surface area contributed by atoms with Gasteiger partial charge in [0, 0.05) is 5.56 Å². The third-order valence-electron chi connectivity index (χ3n) is 2.50. The minimum absolute atomic E-state index is 0.0390. The molecule has 0 unspecified atom stereocenters. The average molecular weight is 337 g/mol. The lowest BCUT2D eigenvalue weighted by Crippen LogP contribution is -2.47. The summed E-state index contributed by atoms with van der Waals surface area (Å²) in [5, 5.41) is 11.0. The van der Waals surface area contributed by atoms with E-state index in [0.29, 0.717) is 0 Å². The van der Waals surface area contributed by atoms with Crippen LogP contribution >= 0.6 is 0 Å². The molecular weight excluding hydrogens is 318 g/mol. The monoisotopic (exact) mass is 337 g/mol. The summed E-state index contributed by atoms with van der Waals surface area (Å²) in [7, 11) is 0. The second kappa shape index (κ2) is 7.95. The number of nitrogens with one attached hydrogen (secondary N) is 3. The van der Waals surface area contributed by atoms with Crippen molar-refractivity contribution in [3.63, 3.8) is 0 Å². The molecule has 0 heterocycles. The second-order valence-electron chi connectivity index (χ2n) is 5.74. The first-order valence-corrected chi connectivity index (χ1v) is 6.98. The van der Waals surface area contributed by atoms with Gasteiger partial charge in [-0.25, -0.2) is 9.59 Å². The molecular formula is C15H19N3O6. The zero-order chi connectivity index (χ0) is 18.3. The first-order valence-electron chi connectivity index (χ1n) is 6.98. The van der Waals surface area contributed by atoms with E-state index in [-0.39, 0.29) is 17.7 Å². The van der Waals surface area contributed by atoms with E-state index in [9.17, 15) is 19.2 Å². The first kappa shape index (κ1) is 18.9. The number of amides is 3. The number of hydrogen-bond acceptors (Lipinski definition) is 5. The number of hydrazine groups is 1. The molecule has 0 atom stereocenters. The normalized spacial score (nSPS) is 10.5. The molecule has 0 aromatic heterocycles. The average Bonchev–Trinajstić information content (AvgIpc) is 2.49. The van der Waals surface area contributed by atoms with Crippen molar-refractivity contribution in [2.24, 2.45) is 0 Å². The number of hydrogen-bond donors (Lipinski definition) is 4. The molecule has 1 aromatic carbocycles. The van der Waals surface area contributed by atoms with Crippen LogP contribution in [-0.4, -0.2) is 41.1 Å². The molecule has 130 valence electrons. The van der Waals surface area contributed by atoms with E-state index in [1.54, 1.807) is 20.8 Å². The van der Waals surface area contributed by atoms with Crippen LogP contribution in [0.2, 0.25) is 0 Å². The molecule has 0 bridgehead atoms. The Morgan fingerprint density at radius 3 is 2.04 bits per heavy atom. The molecule has 0 spiro atoms. The van der Waals surface area contributed by atoms with E-state index in [2.05, 4.69) is 16.2 Å². The van der Waals surface area contributed by atoms with Crippen LogP contribution in [0.5, 0.6) is 0 Å². The van der Waals surface area contributed by atoms with Crippen LogP contribution in [0.4, 0.5) is 4.79 Å². The number of ether oxygens (including phenoxy) is 1. The number of benzene rings is 1. The van der Waals surface area contributed by atoms with Crippen molar-refractivity contribution in [3.8, 4) is 0 Å². The first-order chi connectivity index (χ1) is 11.1. The molecule has 3 amide bonds. The van der Waals surface area contributed by atoms with Crippen molar-refractivity contribution < 1.29 is 29.0 Å². The van der Waals surface area contributed by atoms with Crippen LogP contribution in [0.15, 0.2) is 24.3 Å². The van der Waals surface area contributed by atoms with Gasteiger partial charge in [-0.3, -0.25) is 20.4 Å². The summed E-state index contributed by atoms with van der Waals surface area (Å²) >= 11 is 0. The van der Waals surface area contributed by atoms with Gasteiger partial charge in [-0.15, -0.1) is 0 Å². The third kappa shape index (κ3) is 6.77. The molecule has 0 aliphatic heterocycles. The summed E-state index contributed by atoms with van der Waals surface area (Å²) < 4.78 is 4.95. The standard InChI is InChI=1S/C15H19N3O6/c1-15(2,3)24-14(23)16-8-11(19)17-18-12(20)9-4-6-10(7-5-9)13(21)22/h4-7H,8H2,1-3H3,(H,16,23)(H,17,19)(H,18,20)(H,21,22). The van der Waals surface area contributed by atoms with E-state index in [1.165, 1.54) is 24.3 Å². The topological polar surface area (TPSA) is 134 Å². The quantitative estimate of drug-likeness (QED) is 0.597. The third-order valence-corrected chi connectivity index (χ3v) is 2.50. The zero-order valence-electron chi connectivity index (χ0n) is 13.5. The van der Waals surface area contributed by atoms with Gasteiger partial charge in [-0.2, -0.15) is 0 Å². The van der Waals surface area contributed by atoms with E-state index in [1.807, 2.05) is 0 Å². The van der Waals surface area contributed by atoms with Crippen molar-refractivity contribution in [1.29, 1.82) is 0 Å². The summed E-state index contributed by atoms with van der Waals surface area (Å²) in [6.07, 6.45) is -0.756. The molecule has 24 heavy (non-hydrogen) atoms. The maximum Gasteiger partial charge on any atom is 0.408 e. The number of carbonyl (C=O) groups excluding carboxylic acids is 3. The predicted molar refractivity (Wildman–Crippen MR) is 83.2 cm³/mol. The van der Waals surface area contributed by atoms with Crippen LogP contribution in [0.1, 0.15) is 41.5 Å². The minimum atomic E-state index is -1.11. The van der Waals surface area contributed by atoms with Crippen molar-refractivity contribution >= 4 is 23.9 Å². The summed E-state index contributed by atoms with van der Waals surface area (Å²) in [4.78, 5) is 45.4. The second-order valence-corrected chi connectivity index (χ2v) is 5.74. The predicted octanol–water partition coefficient (Wildman–Crippen LogP) is 0.671. The molecule has 1 aromatic rings. The van der Waals surface area contributed by atoms with Gasteiger partial charge in [0.1, 0.15) is 12.1 Å². The Morgan fingerprint density at radius 2 is 1.54 bits per heavy atom. The molecule has 0 saturated heterocycles. The summed E-state index contributed by atoms with van der Waals surface area (Å²) in [5.74, 6) is -2.39. The van der Waals surface area contributed by atoms with E-state index in [0.717, 1.165) is 0 Å². The van der Waals surface area contributed by atoms with Crippen molar-refractivity contribution in [1.82, 2.24) is 16.2 Å². The Kier molecular flexibility index (Phi) is 6.28. The molecule has 1 rings (SSSR count). The SMILES string of the molecule is CC(C)(C)OC(=O)NCC(=O)NNC(=O)c1ccc(C(=O)O)cc1. The lowest BCUT2D eigenvalue weighted by Gasteiger charge is -2.19. The molecule has 9 heteroatoms. The van der Waals surface area contributed by atoms with Gasteiger partial charge in [-0.1, -0.05) is 0 Å². The van der Waals surface area contributed by atoms with Crippen molar-refractivity contribution in [2.75, 3.05) is 6.54 Å². The van der Waals surface area contributed by atoms with Crippen molar-refractivity contribution in [2.45, 2.75) is 26.4 Å². The van der Waals surface area contributed by atoms with Crippen LogP contribution in [-0.2, 0) is 9.53 Å². The van der Waals surface area contributed by atoms with Gasteiger partial charge < -0.3 is 15.2 Å².